The first-order valence-electron chi connectivity index (χ1n) is 17.2. The van der Waals surface area contributed by atoms with E-state index in [9.17, 15) is 9.59 Å². The van der Waals surface area contributed by atoms with Gasteiger partial charge in [0, 0.05) is 32.1 Å². The van der Waals surface area contributed by atoms with Crippen molar-refractivity contribution < 1.29 is 9.53 Å². The average Bonchev–Trinajstić information content (AvgIpc) is 3.03. The van der Waals surface area contributed by atoms with Gasteiger partial charge >= 0.3 is 0 Å². The van der Waals surface area contributed by atoms with Crippen molar-refractivity contribution in [2.45, 2.75) is 117 Å². The lowest BCUT2D eigenvalue weighted by Crippen LogP contribution is -2.54. The third-order valence-corrected chi connectivity index (χ3v) is 9.10. The van der Waals surface area contributed by atoms with Crippen LogP contribution in [0.15, 0.2) is 53.3 Å². The van der Waals surface area contributed by atoms with Crippen LogP contribution in [0, 0.1) is 0 Å². The molecule has 0 spiro atoms. The number of amides is 1. The van der Waals surface area contributed by atoms with Crippen LogP contribution in [0.1, 0.15) is 117 Å². The highest BCUT2D eigenvalue weighted by Gasteiger charge is 2.32. The molecule has 1 fully saturated rings. The van der Waals surface area contributed by atoms with Crippen molar-refractivity contribution in [3.05, 3.63) is 64.7 Å². The lowest BCUT2D eigenvalue weighted by atomic mass is 10.0. The predicted molar refractivity (Wildman–Crippen MR) is 181 cm³/mol. The smallest absolute Gasteiger partial charge is 0.266 e. The number of carbonyl (C=O) groups excluding carboxylic acids is 1. The summed E-state index contributed by atoms with van der Waals surface area (Å²) in [6.45, 7) is 11.1. The van der Waals surface area contributed by atoms with Crippen LogP contribution >= 0.6 is 0 Å². The molecular weight excluding hydrogens is 548 g/mol. The molecule has 2 unspecified atom stereocenters. The number of benzene rings is 2. The fourth-order valence-electron chi connectivity index (χ4n) is 6.54. The molecule has 44 heavy (non-hydrogen) atoms. The molecule has 7 nitrogen and oxygen atoms in total. The Hall–Kier alpha value is -3.19. The molecule has 1 aromatic heterocycles. The summed E-state index contributed by atoms with van der Waals surface area (Å²) in [5.74, 6) is 1.62. The van der Waals surface area contributed by atoms with Crippen molar-refractivity contribution in [2.75, 3.05) is 26.2 Å². The van der Waals surface area contributed by atoms with Crippen molar-refractivity contribution in [1.82, 2.24) is 19.4 Å². The van der Waals surface area contributed by atoms with Gasteiger partial charge in [0.1, 0.15) is 11.6 Å². The third kappa shape index (κ3) is 8.71. The first-order valence-corrected chi connectivity index (χ1v) is 17.2. The number of rotatable bonds is 17. The van der Waals surface area contributed by atoms with Crippen LogP contribution in [0.4, 0.5) is 0 Å². The van der Waals surface area contributed by atoms with E-state index in [-0.39, 0.29) is 23.6 Å². The summed E-state index contributed by atoms with van der Waals surface area (Å²) in [6.07, 6.45) is 14.8. The zero-order valence-corrected chi connectivity index (χ0v) is 27.6. The standard InChI is InChI=1S/C37H54N4O3/c1-5-7-8-9-10-11-12-13-14-15-16-25-35(42)40-27-26-39(28-29(40)3)30(4)36-38-32-22-18-17-21-31(32)37(43)41(36)33-23-19-20-24-34(33)44-6-2/h17-24,29-30H,5-16,25-28H2,1-4H3. The van der Waals surface area contributed by atoms with Gasteiger partial charge in [-0.05, 0) is 51.5 Å². The summed E-state index contributed by atoms with van der Waals surface area (Å²) in [4.78, 5) is 36.6. The zero-order valence-electron chi connectivity index (χ0n) is 27.6. The molecule has 0 saturated carbocycles. The van der Waals surface area contributed by atoms with Crippen LogP contribution in [0.5, 0.6) is 5.75 Å². The number of hydrogen-bond donors (Lipinski definition) is 0. The summed E-state index contributed by atoms with van der Waals surface area (Å²) in [5, 5.41) is 0.584. The van der Waals surface area contributed by atoms with E-state index in [2.05, 4.69) is 30.6 Å². The van der Waals surface area contributed by atoms with Crippen LogP contribution in [0.3, 0.4) is 0 Å². The van der Waals surface area contributed by atoms with Crippen molar-refractivity contribution in [3.63, 3.8) is 0 Å². The number of fused-ring (bicyclic) bond motifs is 1. The molecule has 240 valence electrons. The minimum atomic E-state index is -0.131. The fraction of sp³-hybridized carbons (Fsp3) is 0.595. The van der Waals surface area contributed by atoms with Gasteiger partial charge < -0.3 is 9.64 Å². The molecule has 0 N–H and O–H groups in total. The minimum absolute atomic E-state index is 0.0987. The fourth-order valence-corrected chi connectivity index (χ4v) is 6.54. The largest absolute Gasteiger partial charge is 0.492 e. The van der Waals surface area contributed by atoms with E-state index >= 15 is 0 Å². The molecule has 1 amide bonds. The van der Waals surface area contributed by atoms with Gasteiger partial charge in [0.25, 0.3) is 5.56 Å². The lowest BCUT2D eigenvalue weighted by Gasteiger charge is -2.42. The zero-order chi connectivity index (χ0) is 31.3. The van der Waals surface area contributed by atoms with Gasteiger partial charge in [-0.25, -0.2) is 4.98 Å². The number of carbonyl (C=O) groups is 1. The average molecular weight is 603 g/mol. The quantitative estimate of drug-likeness (QED) is 0.146. The lowest BCUT2D eigenvalue weighted by molar-refractivity contribution is -0.136. The van der Waals surface area contributed by atoms with E-state index in [1.54, 1.807) is 4.57 Å². The van der Waals surface area contributed by atoms with E-state index in [4.69, 9.17) is 9.72 Å². The van der Waals surface area contributed by atoms with Gasteiger partial charge in [-0.2, -0.15) is 0 Å². The second kappa shape index (κ2) is 17.3. The molecular formula is C37H54N4O3. The molecule has 2 aromatic carbocycles. The van der Waals surface area contributed by atoms with E-state index < -0.39 is 0 Å². The Morgan fingerprint density at radius 2 is 1.52 bits per heavy atom. The molecule has 2 heterocycles. The Bertz CT molecular complexity index is 1390. The summed E-state index contributed by atoms with van der Waals surface area (Å²) in [6, 6.07) is 15.2. The highest BCUT2D eigenvalue weighted by Crippen LogP contribution is 2.29. The van der Waals surface area contributed by atoms with Crippen LogP contribution in [0.25, 0.3) is 16.6 Å². The number of nitrogens with zero attached hydrogens (tertiary/aromatic N) is 4. The molecule has 1 aliphatic rings. The maximum absolute atomic E-state index is 13.9. The summed E-state index contributed by atoms with van der Waals surface area (Å²) >= 11 is 0. The molecule has 4 rings (SSSR count). The summed E-state index contributed by atoms with van der Waals surface area (Å²) < 4.78 is 7.66. The van der Waals surface area contributed by atoms with Gasteiger partial charge in [-0.15, -0.1) is 0 Å². The van der Waals surface area contributed by atoms with E-state index in [0.29, 0.717) is 47.7 Å². The number of unbranched alkanes of at least 4 members (excludes halogenated alkanes) is 10. The number of ether oxygens (including phenoxy) is 1. The van der Waals surface area contributed by atoms with Gasteiger partial charge in [0.2, 0.25) is 5.91 Å². The number of hydrogen-bond acceptors (Lipinski definition) is 5. The Balaban J connectivity index is 1.36. The predicted octanol–water partition coefficient (Wildman–Crippen LogP) is 8.08. The first kappa shape index (κ1) is 33.7. The second-order valence-corrected chi connectivity index (χ2v) is 12.4. The summed E-state index contributed by atoms with van der Waals surface area (Å²) in [7, 11) is 0. The Morgan fingerprint density at radius 1 is 0.886 bits per heavy atom. The summed E-state index contributed by atoms with van der Waals surface area (Å²) in [5.41, 5.74) is 1.30. The van der Waals surface area contributed by atoms with Crippen LogP contribution < -0.4 is 10.3 Å². The monoisotopic (exact) mass is 602 g/mol. The highest BCUT2D eigenvalue weighted by atomic mass is 16.5. The maximum atomic E-state index is 13.9. The maximum Gasteiger partial charge on any atom is 0.266 e. The van der Waals surface area contributed by atoms with Crippen molar-refractivity contribution in [2.24, 2.45) is 0 Å². The third-order valence-electron chi connectivity index (χ3n) is 9.10. The van der Waals surface area contributed by atoms with Gasteiger partial charge in [0.15, 0.2) is 0 Å². The minimum Gasteiger partial charge on any atom is -0.492 e. The van der Waals surface area contributed by atoms with Gasteiger partial charge in [0.05, 0.1) is 29.2 Å². The second-order valence-electron chi connectivity index (χ2n) is 12.4. The normalized spacial score (nSPS) is 16.4. The molecule has 7 heteroatoms. The molecule has 2 atom stereocenters. The topological polar surface area (TPSA) is 67.7 Å². The molecule has 0 radical (unpaired) electrons. The highest BCUT2D eigenvalue weighted by molar-refractivity contribution is 5.78. The SMILES string of the molecule is CCCCCCCCCCCCCC(=O)N1CCN(C(C)c2nc3ccccc3c(=O)n2-c2ccccc2OCC)CC1C. The number of piperazine rings is 1. The Labute approximate surface area is 264 Å². The van der Waals surface area contributed by atoms with Crippen LogP contribution in [-0.4, -0.2) is 57.5 Å². The number of aromatic nitrogens is 2. The van der Waals surface area contributed by atoms with E-state index in [0.717, 1.165) is 25.9 Å². The van der Waals surface area contributed by atoms with Gasteiger partial charge in [-0.3, -0.25) is 19.1 Å². The van der Waals surface area contributed by atoms with Crippen molar-refractivity contribution in [3.8, 4) is 11.4 Å². The Kier molecular flexibility index (Phi) is 13.3. The van der Waals surface area contributed by atoms with Crippen LogP contribution in [-0.2, 0) is 4.79 Å². The molecule has 1 saturated heterocycles. The number of para-hydroxylation sites is 3. The van der Waals surface area contributed by atoms with Crippen LogP contribution in [0.2, 0.25) is 0 Å². The molecule has 3 aromatic rings. The van der Waals surface area contributed by atoms with E-state index in [1.165, 1.54) is 57.8 Å². The molecule has 0 bridgehead atoms. The van der Waals surface area contributed by atoms with E-state index in [1.807, 2.05) is 55.5 Å². The Morgan fingerprint density at radius 3 is 2.20 bits per heavy atom. The first-order chi connectivity index (χ1) is 21.5. The van der Waals surface area contributed by atoms with Crippen molar-refractivity contribution in [1.29, 1.82) is 0 Å². The molecule has 1 aliphatic heterocycles. The molecule has 0 aliphatic carbocycles. The van der Waals surface area contributed by atoms with Gasteiger partial charge in [-0.1, -0.05) is 95.4 Å². The van der Waals surface area contributed by atoms with Crippen molar-refractivity contribution >= 4 is 16.8 Å².